The Balaban J connectivity index is 0.000000269. The van der Waals surface area contributed by atoms with Gasteiger partial charge >= 0.3 is 0 Å². The van der Waals surface area contributed by atoms with Gasteiger partial charge in [-0.1, -0.05) is 31.4 Å². The summed E-state index contributed by atoms with van der Waals surface area (Å²) in [5.74, 6) is 2.38. The summed E-state index contributed by atoms with van der Waals surface area (Å²) in [5, 5.41) is 13.2. The molecule has 0 aliphatic carbocycles. The van der Waals surface area contributed by atoms with Crippen molar-refractivity contribution in [3.63, 3.8) is 0 Å². The number of aliphatic hydroxyl groups excluding tert-OH is 1. The van der Waals surface area contributed by atoms with Crippen molar-refractivity contribution in [2.75, 3.05) is 20.2 Å². The lowest BCUT2D eigenvalue weighted by Crippen LogP contribution is -2.24. The Labute approximate surface area is 180 Å². The minimum atomic E-state index is -0.722. The lowest BCUT2D eigenvalue weighted by atomic mass is 10.2. The highest BCUT2D eigenvalue weighted by Crippen LogP contribution is 2.32. The summed E-state index contributed by atoms with van der Waals surface area (Å²) in [4.78, 5) is 23.5. The van der Waals surface area contributed by atoms with E-state index in [0.29, 0.717) is 48.7 Å². The number of hydrogen-bond acceptors (Lipinski definition) is 5. The molecule has 0 saturated carbocycles. The number of hydrogen-bond donors (Lipinski definition) is 2. The highest BCUT2D eigenvalue weighted by Gasteiger charge is 2.26. The van der Waals surface area contributed by atoms with E-state index in [1.807, 2.05) is 13.8 Å². The van der Waals surface area contributed by atoms with Crippen molar-refractivity contribution < 1.29 is 19.4 Å². The van der Waals surface area contributed by atoms with Crippen LogP contribution in [0.1, 0.15) is 42.0 Å². The molecular weight excluding hydrogens is 408 g/mol. The molecular formula is C21H25ClN4O4. The van der Waals surface area contributed by atoms with Crippen molar-refractivity contribution in [3.8, 4) is 23.8 Å². The molecule has 1 atom stereocenters. The second-order valence-electron chi connectivity index (χ2n) is 6.37. The van der Waals surface area contributed by atoms with Gasteiger partial charge in [0.15, 0.2) is 5.69 Å². The third kappa shape index (κ3) is 4.75. The molecule has 3 heterocycles. The monoisotopic (exact) mass is 432 g/mol. The average molecular weight is 433 g/mol. The molecule has 4 rings (SSSR count). The van der Waals surface area contributed by atoms with Gasteiger partial charge in [0.2, 0.25) is 0 Å². The molecule has 1 saturated heterocycles. The first-order valence-electron chi connectivity index (χ1n) is 9.57. The largest absolute Gasteiger partial charge is 0.491 e. The Morgan fingerprint density at radius 1 is 1.43 bits per heavy atom. The van der Waals surface area contributed by atoms with Crippen LogP contribution in [-0.2, 0) is 11.2 Å². The number of aliphatic hydroxyl groups is 1. The molecule has 0 radical (unpaired) electrons. The molecule has 30 heavy (non-hydrogen) atoms. The number of carbonyl (C=O) groups excluding carboxylic acids is 2. The molecule has 3 N–H and O–H groups in total. The second-order valence-corrected chi connectivity index (χ2v) is 6.75. The van der Waals surface area contributed by atoms with Gasteiger partial charge in [0, 0.05) is 25.6 Å². The number of likely N-dealkylation sites (N-methyl/N-ethyl adjacent to an activating group) is 1. The van der Waals surface area contributed by atoms with Gasteiger partial charge in [0.1, 0.15) is 17.5 Å². The zero-order chi connectivity index (χ0) is 22.4. The molecule has 0 spiro atoms. The number of amides is 2. The Morgan fingerprint density at radius 3 is 2.63 bits per heavy atom. The molecule has 1 fully saturated rings. The van der Waals surface area contributed by atoms with Crippen molar-refractivity contribution in [2.45, 2.75) is 32.8 Å². The van der Waals surface area contributed by atoms with Crippen LogP contribution in [-0.4, -0.2) is 57.9 Å². The van der Waals surface area contributed by atoms with Gasteiger partial charge in [-0.05, 0) is 24.6 Å². The van der Waals surface area contributed by atoms with E-state index in [-0.39, 0.29) is 16.6 Å². The fraction of sp³-hybridized carbons (Fsp3) is 0.381. The Bertz CT molecular complexity index is 968. The van der Waals surface area contributed by atoms with E-state index in [1.54, 1.807) is 29.9 Å². The van der Waals surface area contributed by atoms with Crippen LogP contribution in [0, 0.1) is 12.3 Å². The van der Waals surface area contributed by atoms with E-state index < -0.39 is 12.0 Å². The Kier molecular flexibility index (Phi) is 7.86. The Hall–Kier alpha value is -3.02. The molecule has 2 aromatic rings. The molecule has 8 nitrogen and oxygen atoms in total. The highest BCUT2D eigenvalue weighted by molar-refractivity contribution is 6.34. The standard InChI is InChI=1S/C14H10ClN3O2.C5H9NO2.C2H6/c1-2-8-3-4-11-10(7-8)18-9(5-6-20-11)12(15)13(17-18)14(16)19;1-6-3-2-4(7)5(6)8;1-2/h1,3-4,7H,5-6H2,(H2,16,19);4,7H,2-3H2,1H3;1-2H3. The maximum Gasteiger partial charge on any atom is 0.270 e. The molecule has 9 heteroatoms. The predicted octanol–water partition coefficient (Wildman–Crippen LogP) is 1.78. The zero-order valence-electron chi connectivity index (χ0n) is 17.2. The van der Waals surface area contributed by atoms with Crippen LogP contribution >= 0.6 is 11.6 Å². The number of benzene rings is 1. The number of carbonyl (C=O) groups is 2. The predicted molar refractivity (Wildman–Crippen MR) is 114 cm³/mol. The fourth-order valence-electron chi connectivity index (χ4n) is 2.96. The smallest absolute Gasteiger partial charge is 0.270 e. The fourth-order valence-corrected chi connectivity index (χ4v) is 3.27. The first kappa shape index (κ1) is 23.3. The number of halogens is 1. The summed E-state index contributed by atoms with van der Waals surface area (Å²) >= 11 is 6.17. The van der Waals surface area contributed by atoms with Crippen LogP contribution < -0.4 is 10.5 Å². The molecule has 1 unspecified atom stereocenters. The molecule has 160 valence electrons. The van der Waals surface area contributed by atoms with Crippen molar-refractivity contribution in [1.29, 1.82) is 0 Å². The zero-order valence-corrected chi connectivity index (χ0v) is 17.9. The third-order valence-corrected chi connectivity index (χ3v) is 4.90. The number of terminal acetylenes is 1. The van der Waals surface area contributed by atoms with E-state index in [4.69, 9.17) is 33.6 Å². The van der Waals surface area contributed by atoms with Crippen molar-refractivity contribution in [3.05, 3.63) is 40.2 Å². The lowest BCUT2D eigenvalue weighted by molar-refractivity contribution is -0.133. The molecule has 0 bridgehead atoms. The van der Waals surface area contributed by atoms with Gasteiger partial charge in [-0.25, -0.2) is 4.68 Å². The molecule has 2 amide bonds. The summed E-state index contributed by atoms with van der Waals surface area (Å²) in [6.07, 6.45) is 5.80. The van der Waals surface area contributed by atoms with Gasteiger partial charge in [-0.3, -0.25) is 9.59 Å². The molecule has 2 aliphatic rings. The summed E-state index contributed by atoms with van der Waals surface area (Å²) in [5.41, 5.74) is 7.37. The van der Waals surface area contributed by atoms with E-state index in [1.165, 1.54) is 4.90 Å². The first-order chi connectivity index (χ1) is 14.3. The summed E-state index contributed by atoms with van der Waals surface area (Å²) in [6, 6.07) is 5.32. The second kappa shape index (κ2) is 10.1. The Morgan fingerprint density at radius 2 is 2.13 bits per heavy atom. The van der Waals surface area contributed by atoms with Crippen LogP contribution in [0.2, 0.25) is 5.02 Å². The topological polar surface area (TPSA) is 111 Å². The molecule has 1 aromatic carbocycles. The van der Waals surface area contributed by atoms with Crippen molar-refractivity contribution in [2.24, 2.45) is 5.73 Å². The lowest BCUT2D eigenvalue weighted by Gasteiger charge is -2.08. The maximum absolute atomic E-state index is 11.4. The minimum absolute atomic E-state index is 0.0561. The number of likely N-dealkylation sites (tertiary alicyclic amines) is 1. The number of rotatable bonds is 1. The number of ether oxygens (including phenoxy) is 1. The molecule has 1 aromatic heterocycles. The highest BCUT2D eigenvalue weighted by atomic mass is 35.5. The van der Waals surface area contributed by atoms with E-state index >= 15 is 0 Å². The normalized spacial score (nSPS) is 16.5. The maximum atomic E-state index is 11.4. The van der Waals surface area contributed by atoms with E-state index in [0.717, 1.165) is 0 Å². The number of fused-ring (bicyclic) bond motifs is 3. The number of nitrogens with zero attached hydrogens (tertiary/aromatic N) is 3. The quantitative estimate of drug-likeness (QED) is 0.667. The van der Waals surface area contributed by atoms with Gasteiger partial charge < -0.3 is 20.5 Å². The van der Waals surface area contributed by atoms with E-state index in [9.17, 15) is 9.59 Å². The van der Waals surface area contributed by atoms with Gasteiger partial charge in [0.05, 0.1) is 17.3 Å². The number of primary amides is 1. The van der Waals surface area contributed by atoms with Crippen molar-refractivity contribution in [1.82, 2.24) is 14.7 Å². The van der Waals surface area contributed by atoms with Crippen LogP contribution in [0.25, 0.3) is 5.69 Å². The summed E-state index contributed by atoms with van der Waals surface area (Å²) in [6.45, 7) is 5.13. The molecule has 2 aliphatic heterocycles. The minimum Gasteiger partial charge on any atom is -0.491 e. The van der Waals surface area contributed by atoms with Crippen LogP contribution in [0.15, 0.2) is 18.2 Å². The van der Waals surface area contributed by atoms with Crippen LogP contribution in [0.5, 0.6) is 5.75 Å². The average Bonchev–Trinajstić information content (AvgIpc) is 3.16. The van der Waals surface area contributed by atoms with Crippen molar-refractivity contribution >= 4 is 23.4 Å². The summed E-state index contributed by atoms with van der Waals surface area (Å²) < 4.78 is 7.21. The number of nitrogens with two attached hydrogens (primary N) is 1. The van der Waals surface area contributed by atoms with E-state index in [2.05, 4.69) is 11.0 Å². The van der Waals surface area contributed by atoms with Crippen LogP contribution in [0.4, 0.5) is 0 Å². The summed E-state index contributed by atoms with van der Waals surface area (Å²) in [7, 11) is 1.69. The van der Waals surface area contributed by atoms with Gasteiger partial charge in [0.25, 0.3) is 11.8 Å². The SMILES string of the molecule is C#Cc1ccc2c(c1)-n1nc(C(N)=O)c(Cl)c1CCO2.CC.CN1CCC(O)C1=O. The number of aromatic nitrogens is 2. The first-order valence-corrected chi connectivity index (χ1v) is 9.95. The van der Waals surface area contributed by atoms with Gasteiger partial charge in [-0.15, -0.1) is 6.42 Å². The third-order valence-electron chi connectivity index (χ3n) is 4.50. The van der Waals surface area contributed by atoms with Gasteiger partial charge in [-0.2, -0.15) is 5.10 Å². The van der Waals surface area contributed by atoms with Crippen LogP contribution in [0.3, 0.4) is 0 Å².